The molecule has 1 heterocycles. The van der Waals surface area contributed by atoms with Crippen LogP contribution in [0.3, 0.4) is 0 Å². The van der Waals surface area contributed by atoms with E-state index in [1.54, 1.807) is 0 Å². The summed E-state index contributed by atoms with van der Waals surface area (Å²) < 4.78 is 5.86. The van der Waals surface area contributed by atoms with Crippen molar-refractivity contribution in [1.29, 1.82) is 0 Å². The van der Waals surface area contributed by atoms with E-state index in [0.29, 0.717) is 30.0 Å². The maximum atomic E-state index is 10.7. The van der Waals surface area contributed by atoms with Crippen LogP contribution in [-0.4, -0.2) is 22.9 Å². The minimum atomic E-state index is -0.490. The summed E-state index contributed by atoms with van der Waals surface area (Å²) in [5.41, 5.74) is -0.490. The summed E-state index contributed by atoms with van der Waals surface area (Å²) in [5.74, 6) is 3.28. The Kier molecular flexibility index (Phi) is 2.61. The molecule has 2 aliphatic carbocycles. The molecule has 1 N–H and O–H groups in total. The smallest absolute Gasteiger partial charge is 0.0902 e. The van der Waals surface area contributed by atoms with Crippen LogP contribution in [0.5, 0.6) is 0 Å². The average molecular weight is 238 g/mol. The van der Waals surface area contributed by atoms with Gasteiger partial charge in [-0.05, 0) is 49.9 Å². The Morgan fingerprint density at radius 1 is 1.29 bits per heavy atom. The molecule has 5 unspecified atom stereocenters. The van der Waals surface area contributed by atoms with Gasteiger partial charge in [-0.25, -0.2) is 0 Å². The van der Waals surface area contributed by atoms with Gasteiger partial charge in [-0.15, -0.1) is 0 Å². The van der Waals surface area contributed by atoms with Crippen molar-refractivity contribution < 1.29 is 9.84 Å². The van der Waals surface area contributed by atoms with Crippen LogP contribution in [0.4, 0.5) is 0 Å². The van der Waals surface area contributed by atoms with Gasteiger partial charge in [-0.1, -0.05) is 20.8 Å². The molecule has 2 heteroatoms. The standard InChI is InChI=1S/C15H26O2/c1-8(2)10-5-6-15(4,16)12-11(10)7-9(3)13-14(12)17-13/h8-14,16H,5-7H2,1-4H3/t9?,10?,11?,12?,13-,14?,15-/m1/s1. The van der Waals surface area contributed by atoms with Gasteiger partial charge in [0.25, 0.3) is 0 Å². The van der Waals surface area contributed by atoms with Crippen LogP contribution in [0.1, 0.15) is 47.0 Å². The molecule has 2 nitrogen and oxygen atoms in total. The molecule has 0 aromatic rings. The first-order valence-corrected chi connectivity index (χ1v) is 7.29. The lowest BCUT2D eigenvalue weighted by atomic mass is 9.56. The molecule has 98 valence electrons. The van der Waals surface area contributed by atoms with Crippen molar-refractivity contribution in [3.05, 3.63) is 0 Å². The van der Waals surface area contributed by atoms with Gasteiger partial charge in [0, 0.05) is 5.92 Å². The Morgan fingerprint density at radius 3 is 2.65 bits per heavy atom. The van der Waals surface area contributed by atoms with Crippen molar-refractivity contribution >= 4 is 0 Å². The summed E-state index contributed by atoms with van der Waals surface area (Å²) in [6.45, 7) is 9.04. The quantitative estimate of drug-likeness (QED) is 0.713. The van der Waals surface area contributed by atoms with Gasteiger partial charge in [0.2, 0.25) is 0 Å². The summed E-state index contributed by atoms with van der Waals surface area (Å²) in [6.07, 6.45) is 4.22. The lowest BCUT2D eigenvalue weighted by Crippen LogP contribution is -2.53. The summed E-state index contributed by atoms with van der Waals surface area (Å²) >= 11 is 0. The summed E-state index contributed by atoms with van der Waals surface area (Å²) in [6, 6.07) is 0. The number of hydrogen-bond acceptors (Lipinski definition) is 2. The lowest BCUT2D eigenvalue weighted by Gasteiger charge is -2.50. The second-order valence-electron chi connectivity index (χ2n) is 7.27. The Bertz CT molecular complexity index is 310. The van der Waals surface area contributed by atoms with Gasteiger partial charge in [0.1, 0.15) is 0 Å². The summed E-state index contributed by atoms with van der Waals surface area (Å²) in [7, 11) is 0. The Morgan fingerprint density at radius 2 is 2.00 bits per heavy atom. The van der Waals surface area contributed by atoms with Crippen LogP contribution in [0.15, 0.2) is 0 Å². The fraction of sp³-hybridized carbons (Fsp3) is 1.00. The minimum Gasteiger partial charge on any atom is -0.390 e. The molecule has 3 fully saturated rings. The van der Waals surface area contributed by atoms with E-state index in [2.05, 4.69) is 20.8 Å². The molecule has 3 rings (SSSR count). The minimum absolute atomic E-state index is 0.361. The SMILES string of the molecule is CC(C)C1CC[C@@](C)(O)C2C1CC(C)[C@H]1OC21. The van der Waals surface area contributed by atoms with Crippen LogP contribution < -0.4 is 0 Å². The molecule has 7 atom stereocenters. The lowest BCUT2D eigenvalue weighted by molar-refractivity contribution is -0.106. The first-order chi connectivity index (χ1) is 7.92. The third kappa shape index (κ3) is 1.76. The van der Waals surface area contributed by atoms with Crippen molar-refractivity contribution in [3.63, 3.8) is 0 Å². The van der Waals surface area contributed by atoms with E-state index < -0.39 is 5.60 Å². The average Bonchev–Trinajstić information content (AvgIpc) is 2.96. The number of ether oxygens (including phenoxy) is 1. The topological polar surface area (TPSA) is 32.8 Å². The maximum Gasteiger partial charge on any atom is 0.0902 e. The van der Waals surface area contributed by atoms with Crippen molar-refractivity contribution in [1.82, 2.24) is 0 Å². The number of rotatable bonds is 1. The van der Waals surface area contributed by atoms with Crippen molar-refractivity contribution in [3.8, 4) is 0 Å². The molecule has 0 amide bonds. The molecule has 2 saturated carbocycles. The largest absolute Gasteiger partial charge is 0.390 e. The van der Waals surface area contributed by atoms with Gasteiger partial charge in [-0.3, -0.25) is 0 Å². The molecule has 1 saturated heterocycles. The van der Waals surface area contributed by atoms with Crippen LogP contribution >= 0.6 is 0 Å². The van der Waals surface area contributed by atoms with Crippen molar-refractivity contribution in [2.45, 2.75) is 64.8 Å². The molecule has 0 aromatic heterocycles. The summed E-state index contributed by atoms with van der Waals surface area (Å²) in [4.78, 5) is 0. The van der Waals surface area contributed by atoms with E-state index in [0.717, 1.165) is 18.3 Å². The number of fused-ring (bicyclic) bond motifs is 3. The second kappa shape index (κ2) is 3.71. The molecular weight excluding hydrogens is 212 g/mol. The molecule has 0 aromatic carbocycles. The van der Waals surface area contributed by atoms with Gasteiger partial charge in [0.05, 0.1) is 17.8 Å². The monoisotopic (exact) mass is 238 g/mol. The van der Waals surface area contributed by atoms with Crippen LogP contribution in [0, 0.1) is 29.6 Å². The highest BCUT2D eigenvalue weighted by molar-refractivity contribution is 5.10. The van der Waals surface area contributed by atoms with E-state index in [4.69, 9.17) is 4.74 Å². The second-order valence-corrected chi connectivity index (χ2v) is 7.27. The third-order valence-electron chi connectivity index (χ3n) is 5.69. The van der Waals surface area contributed by atoms with E-state index in [9.17, 15) is 5.11 Å². The van der Waals surface area contributed by atoms with Crippen LogP contribution in [-0.2, 0) is 4.74 Å². The predicted octanol–water partition coefficient (Wildman–Crippen LogP) is 2.84. The highest BCUT2D eigenvalue weighted by Crippen LogP contribution is 2.58. The molecule has 0 radical (unpaired) electrons. The van der Waals surface area contributed by atoms with E-state index in [1.165, 1.54) is 12.8 Å². The third-order valence-corrected chi connectivity index (χ3v) is 5.69. The van der Waals surface area contributed by atoms with E-state index in [-0.39, 0.29) is 0 Å². The Balaban J connectivity index is 1.88. The zero-order chi connectivity index (χ0) is 12.4. The van der Waals surface area contributed by atoms with Gasteiger partial charge < -0.3 is 9.84 Å². The molecule has 1 aliphatic heterocycles. The summed E-state index contributed by atoms with van der Waals surface area (Å²) in [5, 5.41) is 10.7. The normalized spacial score (nSPS) is 57.5. The first kappa shape index (κ1) is 12.0. The van der Waals surface area contributed by atoms with Gasteiger partial charge in [0.15, 0.2) is 0 Å². The number of epoxide rings is 1. The van der Waals surface area contributed by atoms with Gasteiger partial charge >= 0.3 is 0 Å². The Hall–Kier alpha value is -0.0800. The first-order valence-electron chi connectivity index (χ1n) is 7.29. The van der Waals surface area contributed by atoms with Crippen molar-refractivity contribution in [2.75, 3.05) is 0 Å². The molecule has 17 heavy (non-hydrogen) atoms. The van der Waals surface area contributed by atoms with E-state index in [1.807, 2.05) is 6.92 Å². The molecule has 3 aliphatic rings. The highest BCUT2D eigenvalue weighted by Gasteiger charge is 2.62. The maximum absolute atomic E-state index is 10.7. The van der Waals surface area contributed by atoms with E-state index >= 15 is 0 Å². The predicted molar refractivity (Wildman–Crippen MR) is 67.6 cm³/mol. The molecule has 0 spiro atoms. The van der Waals surface area contributed by atoms with Gasteiger partial charge in [-0.2, -0.15) is 0 Å². The number of aliphatic hydroxyl groups is 1. The fourth-order valence-electron chi connectivity index (χ4n) is 4.76. The molecule has 0 bridgehead atoms. The fourth-order valence-corrected chi connectivity index (χ4v) is 4.76. The van der Waals surface area contributed by atoms with Crippen LogP contribution in [0.25, 0.3) is 0 Å². The zero-order valence-electron chi connectivity index (χ0n) is 11.5. The highest BCUT2D eigenvalue weighted by atomic mass is 16.6. The molecular formula is C15H26O2. The Labute approximate surface area is 105 Å². The van der Waals surface area contributed by atoms with Crippen LogP contribution in [0.2, 0.25) is 0 Å². The zero-order valence-corrected chi connectivity index (χ0v) is 11.5. The number of hydrogen-bond donors (Lipinski definition) is 1. The van der Waals surface area contributed by atoms with Crippen molar-refractivity contribution in [2.24, 2.45) is 29.6 Å².